The number of ether oxygens (including phenoxy) is 2. The standard InChI is InChI=1S/C31H37FN4O7/c1-30(2,3)43-29(41)35-31(4,5)28(40)34-24(18-42-17-20-9-7-6-8-10-20)25(37)15-23-16-36(19-33-23)26(27(38)39)21-11-13-22(32)14-12-21/h6-14,16,19,24,26H,15,17-18H2,1-5H3,(H,34,40)(H,35,41)(H,38,39)/t24-,26?/m1/s1. The number of amides is 2. The van der Waals surface area contributed by atoms with Gasteiger partial charge >= 0.3 is 12.1 Å². The molecule has 43 heavy (non-hydrogen) atoms. The van der Waals surface area contributed by atoms with Crippen LogP contribution in [0.4, 0.5) is 9.18 Å². The van der Waals surface area contributed by atoms with Gasteiger partial charge in [0, 0.05) is 6.20 Å². The largest absolute Gasteiger partial charge is 0.479 e. The number of carbonyl (C=O) groups excluding carboxylic acids is 3. The number of hydrogen-bond acceptors (Lipinski definition) is 7. The van der Waals surface area contributed by atoms with E-state index in [0.29, 0.717) is 5.56 Å². The first kappa shape index (κ1) is 32.9. The Kier molecular flexibility index (Phi) is 10.8. The van der Waals surface area contributed by atoms with Crippen molar-refractivity contribution in [1.82, 2.24) is 20.2 Å². The summed E-state index contributed by atoms with van der Waals surface area (Å²) in [5.74, 6) is -2.79. The number of carboxylic acid groups (broad SMARTS) is 1. The van der Waals surface area contributed by atoms with E-state index in [1.807, 2.05) is 30.3 Å². The van der Waals surface area contributed by atoms with E-state index in [1.54, 1.807) is 20.8 Å². The summed E-state index contributed by atoms with van der Waals surface area (Å²) in [6, 6.07) is 12.0. The van der Waals surface area contributed by atoms with Crippen molar-refractivity contribution in [2.24, 2.45) is 0 Å². The first-order valence-electron chi connectivity index (χ1n) is 13.6. The lowest BCUT2D eigenvalue weighted by atomic mass is 10.0. The third kappa shape index (κ3) is 10.0. The van der Waals surface area contributed by atoms with Crippen LogP contribution in [0.3, 0.4) is 0 Å². The highest BCUT2D eigenvalue weighted by Gasteiger charge is 2.34. The lowest BCUT2D eigenvalue weighted by Crippen LogP contribution is -2.59. The van der Waals surface area contributed by atoms with E-state index in [9.17, 15) is 28.7 Å². The summed E-state index contributed by atoms with van der Waals surface area (Å²) in [5, 5.41) is 15.0. The van der Waals surface area contributed by atoms with Crippen molar-refractivity contribution in [3.8, 4) is 0 Å². The Morgan fingerprint density at radius 2 is 1.65 bits per heavy atom. The number of rotatable bonds is 13. The van der Waals surface area contributed by atoms with E-state index in [0.717, 1.165) is 17.7 Å². The molecule has 3 rings (SSSR count). The van der Waals surface area contributed by atoms with E-state index in [2.05, 4.69) is 15.6 Å². The Balaban J connectivity index is 1.75. The van der Waals surface area contributed by atoms with Crippen LogP contribution in [0.25, 0.3) is 0 Å². The molecule has 230 valence electrons. The SMILES string of the molecule is CC(C)(C)OC(=O)NC(C)(C)C(=O)N[C@H](COCc1ccccc1)C(=O)Cc1cn(C(C(=O)O)c2ccc(F)cc2)cn1. The maximum absolute atomic E-state index is 13.4. The Morgan fingerprint density at radius 3 is 2.26 bits per heavy atom. The molecule has 0 saturated heterocycles. The Hall–Kier alpha value is -4.58. The van der Waals surface area contributed by atoms with Crippen molar-refractivity contribution in [2.45, 2.75) is 70.9 Å². The minimum absolute atomic E-state index is 0.171. The van der Waals surface area contributed by atoms with Crippen LogP contribution in [0.2, 0.25) is 0 Å². The van der Waals surface area contributed by atoms with Gasteiger partial charge in [-0.3, -0.25) is 9.59 Å². The fraction of sp³-hybridized carbons (Fsp3) is 0.387. The summed E-state index contributed by atoms with van der Waals surface area (Å²) in [6.07, 6.45) is 1.65. The molecule has 0 aliphatic heterocycles. The zero-order valence-corrected chi connectivity index (χ0v) is 24.8. The fourth-order valence-corrected chi connectivity index (χ4v) is 4.04. The average molecular weight is 597 g/mol. The third-order valence-electron chi connectivity index (χ3n) is 6.20. The first-order chi connectivity index (χ1) is 20.1. The van der Waals surface area contributed by atoms with Crippen LogP contribution >= 0.6 is 0 Å². The van der Waals surface area contributed by atoms with E-state index >= 15 is 0 Å². The molecule has 0 fully saturated rings. The van der Waals surface area contributed by atoms with Crippen LogP contribution in [0.1, 0.15) is 57.5 Å². The summed E-state index contributed by atoms with van der Waals surface area (Å²) in [4.78, 5) is 55.2. The van der Waals surface area contributed by atoms with Crippen LogP contribution in [-0.2, 0) is 36.9 Å². The zero-order valence-electron chi connectivity index (χ0n) is 24.8. The predicted molar refractivity (Wildman–Crippen MR) is 155 cm³/mol. The molecule has 0 saturated carbocycles. The van der Waals surface area contributed by atoms with Gasteiger partial charge in [-0.25, -0.2) is 19.0 Å². The van der Waals surface area contributed by atoms with Gasteiger partial charge in [-0.15, -0.1) is 0 Å². The molecule has 2 atom stereocenters. The number of ketones is 1. The van der Waals surface area contributed by atoms with Gasteiger partial charge in [0.15, 0.2) is 11.8 Å². The van der Waals surface area contributed by atoms with Crippen LogP contribution in [0, 0.1) is 5.82 Å². The summed E-state index contributed by atoms with van der Waals surface area (Å²) < 4.78 is 25.7. The smallest absolute Gasteiger partial charge is 0.408 e. The van der Waals surface area contributed by atoms with Gasteiger partial charge in [-0.1, -0.05) is 42.5 Å². The number of aromatic nitrogens is 2. The van der Waals surface area contributed by atoms with Gasteiger partial charge in [0.2, 0.25) is 5.91 Å². The number of nitrogens with one attached hydrogen (secondary N) is 2. The van der Waals surface area contributed by atoms with Gasteiger partial charge in [0.25, 0.3) is 0 Å². The Morgan fingerprint density at radius 1 is 1.00 bits per heavy atom. The third-order valence-corrected chi connectivity index (χ3v) is 6.20. The molecule has 0 radical (unpaired) electrons. The monoisotopic (exact) mass is 596 g/mol. The molecule has 0 bridgehead atoms. The highest BCUT2D eigenvalue weighted by molar-refractivity contribution is 5.94. The predicted octanol–water partition coefficient (Wildman–Crippen LogP) is 3.81. The second-order valence-corrected chi connectivity index (χ2v) is 11.5. The van der Waals surface area contributed by atoms with Crippen LogP contribution < -0.4 is 10.6 Å². The lowest BCUT2D eigenvalue weighted by Gasteiger charge is -2.29. The van der Waals surface area contributed by atoms with E-state index < -0.39 is 52.8 Å². The number of carbonyl (C=O) groups is 4. The highest BCUT2D eigenvalue weighted by Crippen LogP contribution is 2.20. The van der Waals surface area contributed by atoms with Crippen LogP contribution in [0.15, 0.2) is 67.1 Å². The van der Waals surface area contributed by atoms with Gasteiger partial charge < -0.3 is 29.8 Å². The summed E-state index contributed by atoms with van der Waals surface area (Å²) in [5.41, 5.74) is -0.771. The molecule has 3 aromatic rings. The molecule has 11 nitrogen and oxygen atoms in total. The normalized spacial score (nSPS) is 13.1. The van der Waals surface area contributed by atoms with E-state index in [-0.39, 0.29) is 25.3 Å². The molecule has 0 aliphatic carbocycles. The van der Waals surface area contributed by atoms with Gasteiger partial charge in [0.1, 0.15) is 23.0 Å². The Labute approximate surface area is 249 Å². The summed E-state index contributed by atoms with van der Waals surface area (Å²) >= 11 is 0. The summed E-state index contributed by atoms with van der Waals surface area (Å²) in [7, 11) is 0. The number of nitrogens with zero attached hydrogens (tertiary/aromatic N) is 2. The van der Waals surface area contributed by atoms with E-state index in [4.69, 9.17) is 9.47 Å². The van der Waals surface area contributed by atoms with Crippen LogP contribution in [-0.4, -0.2) is 62.2 Å². The maximum Gasteiger partial charge on any atom is 0.408 e. The second kappa shape index (κ2) is 14.1. The number of hydrogen-bond donors (Lipinski definition) is 3. The molecule has 3 N–H and O–H groups in total. The molecular formula is C31H37FN4O7. The Bertz CT molecular complexity index is 1420. The van der Waals surface area contributed by atoms with Crippen molar-refractivity contribution in [3.63, 3.8) is 0 Å². The van der Waals surface area contributed by atoms with Crippen molar-refractivity contribution in [1.29, 1.82) is 0 Å². The van der Waals surface area contributed by atoms with Gasteiger partial charge in [0.05, 0.1) is 31.7 Å². The molecule has 2 aromatic carbocycles. The molecule has 2 amide bonds. The van der Waals surface area contributed by atoms with Crippen molar-refractivity contribution >= 4 is 23.8 Å². The minimum Gasteiger partial charge on any atom is -0.479 e. The summed E-state index contributed by atoms with van der Waals surface area (Å²) in [6.45, 7) is 8.04. The molecule has 1 aromatic heterocycles. The zero-order chi connectivity index (χ0) is 31.8. The number of Topliss-reactive ketones (excluding diaryl/α,β-unsaturated/α-hetero) is 1. The quantitative estimate of drug-likeness (QED) is 0.270. The number of halogens is 1. The minimum atomic E-state index is -1.44. The van der Waals surface area contributed by atoms with E-state index in [1.165, 1.54) is 43.1 Å². The lowest BCUT2D eigenvalue weighted by molar-refractivity contribution is -0.139. The number of carboxylic acids is 1. The topological polar surface area (TPSA) is 149 Å². The number of benzene rings is 2. The highest BCUT2D eigenvalue weighted by atomic mass is 19.1. The molecular weight excluding hydrogens is 559 g/mol. The maximum atomic E-state index is 13.4. The molecule has 1 heterocycles. The van der Waals surface area contributed by atoms with Crippen LogP contribution in [0.5, 0.6) is 0 Å². The number of imidazole rings is 1. The van der Waals surface area contributed by atoms with Crippen molar-refractivity contribution in [3.05, 3.63) is 89.8 Å². The first-order valence-corrected chi connectivity index (χ1v) is 13.6. The molecule has 0 spiro atoms. The van der Waals surface area contributed by atoms with Gasteiger partial charge in [-0.2, -0.15) is 0 Å². The number of alkyl carbamates (subject to hydrolysis) is 1. The molecule has 0 aliphatic rings. The average Bonchev–Trinajstić information content (AvgIpc) is 3.35. The van der Waals surface area contributed by atoms with Crippen molar-refractivity contribution < 1.29 is 38.1 Å². The fourth-order valence-electron chi connectivity index (χ4n) is 4.04. The van der Waals surface area contributed by atoms with Crippen molar-refractivity contribution in [2.75, 3.05) is 6.61 Å². The second-order valence-electron chi connectivity index (χ2n) is 11.5. The molecule has 12 heteroatoms. The number of aliphatic carboxylic acids is 1. The molecule has 1 unspecified atom stereocenters. The van der Waals surface area contributed by atoms with Gasteiger partial charge in [-0.05, 0) is 57.9 Å².